The van der Waals surface area contributed by atoms with Gasteiger partial charge in [-0.25, -0.2) is 0 Å². The van der Waals surface area contributed by atoms with Gasteiger partial charge in [-0.1, -0.05) is 20.8 Å². The van der Waals surface area contributed by atoms with Crippen molar-refractivity contribution < 1.29 is 4.79 Å². The van der Waals surface area contributed by atoms with Gasteiger partial charge in [-0.2, -0.15) is 0 Å². The summed E-state index contributed by atoms with van der Waals surface area (Å²) >= 11 is 0. The lowest BCUT2D eigenvalue weighted by atomic mass is 9.79. The first-order valence-electron chi connectivity index (χ1n) is 6.55. The normalized spacial score (nSPS) is 32.1. The van der Waals surface area contributed by atoms with Crippen LogP contribution in [0.1, 0.15) is 46.5 Å². The predicted molar refractivity (Wildman–Crippen MR) is 66.9 cm³/mol. The van der Waals surface area contributed by atoms with E-state index in [1.54, 1.807) is 0 Å². The first kappa shape index (κ1) is 13.5. The third-order valence-corrected chi connectivity index (χ3v) is 3.99. The van der Waals surface area contributed by atoms with Crippen LogP contribution in [0.2, 0.25) is 0 Å². The lowest BCUT2D eigenvalue weighted by Crippen LogP contribution is -2.42. The fraction of sp³-hybridized carbons (Fsp3) is 0.923. The van der Waals surface area contributed by atoms with Crippen molar-refractivity contribution in [1.82, 2.24) is 5.32 Å². The molecule has 16 heavy (non-hydrogen) atoms. The van der Waals surface area contributed by atoms with E-state index >= 15 is 0 Å². The molecule has 94 valence electrons. The summed E-state index contributed by atoms with van der Waals surface area (Å²) < 4.78 is 0. The Labute approximate surface area is 99.2 Å². The van der Waals surface area contributed by atoms with Crippen molar-refractivity contribution in [3.63, 3.8) is 0 Å². The fourth-order valence-corrected chi connectivity index (χ4v) is 2.40. The Morgan fingerprint density at radius 2 is 2.06 bits per heavy atom. The zero-order chi connectivity index (χ0) is 12.1. The topological polar surface area (TPSA) is 55.1 Å². The molecule has 4 atom stereocenters. The number of amides is 1. The van der Waals surface area contributed by atoms with E-state index < -0.39 is 0 Å². The zero-order valence-electron chi connectivity index (χ0n) is 10.8. The number of rotatable bonds is 4. The van der Waals surface area contributed by atoms with Crippen molar-refractivity contribution in [1.29, 1.82) is 0 Å². The number of carbonyl (C=O) groups is 1. The highest BCUT2D eigenvalue weighted by molar-refractivity contribution is 5.78. The second-order valence-electron chi connectivity index (χ2n) is 5.45. The Kier molecular flexibility index (Phi) is 5.26. The monoisotopic (exact) mass is 226 g/mol. The summed E-state index contributed by atoms with van der Waals surface area (Å²) in [5, 5.41) is 3.16. The summed E-state index contributed by atoms with van der Waals surface area (Å²) in [6.07, 6.45) is 4.27. The zero-order valence-corrected chi connectivity index (χ0v) is 10.8. The Morgan fingerprint density at radius 1 is 1.38 bits per heavy atom. The van der Waals surface area contributed by atoms with E-state index in [-0.39, 0.29) is 11.8 Å². The van der Waals surface area contributed by atoms with Crippen LogP contribution in [0.5, 0.6) is 0 Å². The van der Waals surface area contributed by atoms with Gasteiger partial charge in [-0.15, -0.1) is 0 Å². The third-order valence-electron chi connectivity index (χ3n) is 3.99. The molecule has 1 fully saturated rings. The minimum absolute atomic E-state index is 0.0552. The van der Waals surface area contributed by atoms with E-state index in [2.05, 4.69) is 19.2 Å². The van der Waals surface area contributed by atoms with Gasteiger partial charge in [0.2, 0.25) is 5.91 Å². The molecule has 4 unspecified atom stereocenters. The van der Waals surface area contributed by atoms with Gasteiger partial charge in [0.15, 0.2) is 0 Å². The van der Waals surface area contributed by atoms with E-state index in [0.29, 0.717) is 12.6 Å². The van der Waals surface area contributed by atoms with Gasteiger partial charge in [0.1, 0.15) is 0 Å². The average Bonchev–Trinajstić information content (AvgIpc) is 2.24. The van der Waals surface area contributed by atoms with E-state index in [0.717, 1.165) is 31.1 Å². The molecule has 1 amide bonds. The molecular weight excluding hydrogens is 200 g/mol. The van der Waals surface area contributed by atoms with Gasteiger partial charge in [0.05, 0.1) is 0 Å². The van der Waals surface area contributed by atoms with Crippen LogP contribution in [0.4, 0.5) is 0 Å². The van der Waals surface area contributed by atoms with E-state index in [1.807, 2.05) is 6.92 Å². The molecular formula is C13H26N2O. The maximum absolute atomic E-state index is 11.8. The van der Waals surface area contributed by atoms with Crippen LogP contribution in [0.15, 0.2) is 0 Å². The molecule has 1 aliphatic carbocycles. The van der Waals surface area contributed by atoms with Crippen LogP contribution in [0.3, 0.4) is 0 Å². The third kappa shape index (κ3) is 3.78. The molecule has 0 radical (unpaired) electrons. The summed E-state index contributed by atoms with van der Waals surface area (Å²) in [5.74, 6) is 1.76. The SMILES string of the molecule is CC(CCN)C(=O)NC1CCC(C)C(C)C1. The maximum atomic E-state index is 11.8. The van der Waals surface area contributed by atoms with Gasteiger partial charge < -0.3 is 11.1 Å². The van der Waals surface area contributed by atoms with Crippen LogP contribution in [0.25, 0.3) is 0 Å². The molecule has 0 aliphatic heterocycles. The van der Waals surface area contributed by atoms with Crippen LogP contribution in [0, 0.1) is 17.8 Å². The molecule has 3 nitrogen and oxygen atoms in total. The Morgan fingerprint density at radius 3 is 2.62 bits per heavy atom. The van der Waals surface area contributed by atoms with Crippen LogP contribution in [-0.2, 0) is 4.79 Å². The highest BCUT2D eigenvalue weighted by Gasteiger charge is 2.26. The quantitative estimate of drug-likeness (QED) is 0.769. The molecule has 0 spiro atoms. The minimum atomic E-state index is 0.0552. The number of nitrogens with one attached hydrogen (secondary N) is 1. The molecule has 0 saturated heterocycles. The van der Waals surface area contributed by atoms with Crippen molar-refractivity contribution in [2.75, 3.05) is 6.54 Å². The van der Waals surface area contributed by atoms with E-state index in [9.17, 15) is 4.79 Å². The van der Waals surface area contributed by atoms with Gasteiger partial charge in [-0.3, -0.25) is 4.79 Å². The summed E-state index contributed by atoms with van der Waals surface area (Å²) in [5.41, 5.74) is 5.46. The Bertz CT molecular complexity index is 230. The molecule has 3 N–H and O–H groups in total. The smallest absolute Gasteiger partial charge is 0.223 e. The maximum Gasteiger partial charge on any atom is 0.223 e. The highest BCUT2D eigenvalue weighted by Crippen LogP contribution is 2.29. The molecule has 0 aromatic rings. The predicted octanol–water partition coefficient (Wildman–Crippen LogP) is 1.91. The molecule has 3 heteroatoms. The van der Waals surface area contributed by atoms with Gasteiger partial charge in [-0.05, 0) is 44.1 Å². The van der Waals surface area contributed by atoms with Gasteiger partial charge in [0, 0.05) is 12.0 Å². The molecule has 1 saturated carbocycles. The molecule has 0 aromatic carbocycles. The Hall–Kier alpha value is -0.570. The summed E-state index contributed by atoms with van der Waals surface area (Å²) in [4.78, 5) is 11.8. The van der Waals surface area contributed by atoms with E-state index in [4.69, 9.17) is 5.73 Å². The standard InChI is InChI=1S/C13H26N2O/c1-9-4-5-12(8-11(9)3)15-13(16)10(2)6-7-14/h9-12H,4-8,14H2,1-3H3,(H,15,16). The van der Waals surface area contributed by atoms with Crippen molar-refractivity contribution >= 4 is 5.91 Å². The second-order valence-corrected chi connectivity index (χ2v) is 5.45. The molecule has 0 aromatic heterocycles. The van der Waals surface area contributed by atoms with E-state index in [1.165, 1.54) is 6.42 Å². The first-order chi connectivity index (χ1) is 7.54. The van der Waals surface area contributed by atoms with Crippen LogP contribution >= 0.6 is 0 Å². The van der Waals surface area contributed by atoms with Crippen LogP contribution < -0.4 is 11.1 Å². The second kappa shape index (κ2) is 6.24. The summed E-state index contributed by atoms with van der Waals surface area (Å²) in [6.45, 7) is 7.13. The lowest BCUT2D eigenvalue weighted by Gasteiger charge is -2.33. The Balaban J connectivity index is 2.34. The van der Waals surface area contributed by atoms with Crippen molar-refractivity contribution in [3.05, 3.63) is 0 Å². The van der Waals surface area contributed by atoms with Crippen molar-refractivity contribution in [3.8, 4) is 0 Å². The molecule has 1 aliphatic rings. The van der Waals surface area contributed by atoms with Crippen molar-refractivity contribution in [2.24, 2.45) is 23.5 Å². The van der Waals surface area contributed by atoms with Crippen LogP contribution in [-0.4, -0.2) is 18.5 Å². The summed E-state index contributed by atoms with van der Waals surface area (Å²) in [6, 6.07) is 0.388. The molecule has 0 heterocycles. The summed E-state index contributed by atoms with van der Waals surface area (Å²) in [7, 11) is 0. The van der Waals surface area contributed by atoms with Gasteiger partial charge in [0.25, 0.3) is 0 Å². The fourth-order valence-electron chi connectivity index (χ4n) is 2.40. The van der Waals surface area contributed by atoms with Gasteiger partial charge >= 0.3 is 0 Å². The number of nitrogens with two attached hydrogens (primary N) is 1. The number of hydrogen-bond donors (Lipinski definition) is 2. The number of carbonyl (C=O) groups excluding carboxylic acids is 1. The van der Waals surface area contributed by atoms with Crippen molar-refractivity contribution in [2.45, 2.75) is 52.5 Å². The first-order valence-corrected chi connectivity index (χ1v) is 6.55. The highest BCUT2D eigenvalue weighted by atomic mass is 16.1. The minimum Gasteiger partial charge on any atom is -0.353 e. The average molecular weight is 226 g/mol. The number of hydrogen-bond acceptors (Lipinski definition) is 2. The largest absolute Gasteiger partial charge is 0.353 e. The lowest BCUT2D eigenvalue weighted by molar-refractivity contribution is -0.125. The molecule has 1 rings (SSSR count). The molecule has 0 bridgehead atoms.